The molecule has 0 radical (unpaired) electrons. The van der Waals surface area contributed by atoms with Crippen LogP contribution in [0.3, 0.4) is 0 Å². The van der Waals surface area contributed by atoms with Crippen molar-refractivity contribution in [3.8, 4) is 5.75 Å². The number of carboxylic acids is 1. The van der Waals surface area contributed by atoms with E-state index >= 15 is 0 Å². The van der Waals surface area contributed by atoms with Crippen molar-refractivity contribution in [3.05, 3.63) is 23.8 Å². The lowest BCUT2D eigenvalue weighted by molar-refractivity contribution is -0.170. The van der Waals surface area contributed by atoms with Crippen molar-refractivity contribution in [2.45, 2.75) is 25.1 Å². The Morgan fingerprint density at radius 1 is 1.33 bits per heavy atom. The first kappa shape index (κ1) is 15.1. The highest BCUT2D eigenvalue weighted by atomic mass is 19.4. The van der Waals surface area contributed by atoms with Crippen molar-refractivity contribution < 1.29 is 32.6 Å². The number of carboxylic acid groups (broad SMARTS) is 1. The van der Waals surface area contributed by atoms with E-state index in [1.807, 2.05) is 0 Å². The minimum absolute atomic E-state index is 0.0574. The highest BCUT2D eigenvalue weighted by Crippen LogP contribution is 2.44. The Morgan fingerprint density at radius 2 is 1.95 bits per heavy atom. The lowest BCUT2D eigenvalue weighted by Crippen LogP contribution is -2.46. The first-order valence-corrected chi connectivity index (χ1v) is 5.99. The van der Waals surface area contributed by atoms with Crippen molar-refractivity contribution in [2.24, 2.45) is 0 Å². The summed E-state index contributed by atoms with van der Waals surface area (Å²) in [5, 5.41) is 9.24. The monoisotopic (exact) mass is 303 g/mol. The van der Waals surface area contributed by atoms with E-state index in [1.54, 1.807) is 0 Å². The number of ether oxygens (including phenoxy) is 1. The first-order valence-electron chi connectivity index (χ1n) is 5.99. The summed E-state index contributed by atoms with van der Waals surface area (Å²) in [6, 6.07) is 2.84. The van der Waals surface area contributed by atoms with Gasteiger partial charge in [-0.15, -0.1) is 0 Å². The maximum absolute atomic E-state index is 12.7. The summed E-state index contributed by atoms with van der Waals surface area (Å²) in [4.78, 5) is 23.4. The minimum Gasteiger partial charge on any atom is -0.497 e. The average Bonchev–Trinajstić information content (AvgIpc) is 2.67. The van der Waals surface area contributed by atoms with Crippen LogP contribution in [0.2, 0.25) is 0 Å². The Bertz CT molecular complexity index is 600. The van der Waals surface area contributed by atoms with Crippen molar-refractivity contribution in [3.63, 3.8) is 0 Å². The smallest absolute Gasteiger partial charge is 0.471 e. The van der Waals surface area contributed by atoms with Crippen LogP contribution in [0.25, 0.3) is 0 Å². The van der Waals surface area contributed by atoms with E-state index in [-0.39, 0.29) is 11.3 Å². The molecule has 2 atom stereocenters. The van der Waals surface area contributed by atoms with Gasteiger partial charge in [0.2, 0.25) is 0 Å². The van der Waals surface area contributed by atoms with Crippen LogP contribution in [0.4, 0.5) is 18.9 Å². The number of carbonyl (C=O) groups is 2. The number of fused-ring (bicyclic) bond motifs is 1. The SMILES string of the molecule is COc1ccc2c(c1)C(C(=O)O)C(C)N2C(=O)C(F)(F)F. The Labute approximate surface area is 117 Å². The molecule has 114 valence electrons. The van der Waals surface area contributed by atoms with E-state index in [0.717, 1.165) is 0 Å². The van der Waals surface area contributed by atoms with Crippen LogP contribution < -0.4 is 9.64 Å². The van der Waals surface area contributed by atoms with E-state index in [4.69, 9.17) is 4.74 Å². The second-order valence-corrected chi connectivity index (χ2v) is 4.65. The number of anilines is 1. The molecule has 0 saturated carbocycles. The van der Waals surface area contributed by atoms with Crippen molar-refractivity contribution in [1.82, 2.24) is 0 Å². The van der Waals surface area contributed by atoms with Gasteiger partial charge in [0.25, 0.3) is 0 Å². The van der Waals surface area contributed by atoms with E-state index in [9.17, 15) is 27.9 Å². The second kappa shape index (κ2) is 4.94. The predicted octanol–water partition coefficient (Wildman–Crippen LogP) is 2.16. The molecule has 1 heterocycles. The van der Waals surface area contributed by atoms with Gasteiger partial charge < -0.3 is 14.7 Å². The lowest BCUT2D eigenvalue weighted by atomic mass is 9.96. The van der Waals surface area contributed by atoms with Crippen LogP contribution in [-0.4, -0.2) is 36.3 Å². The molecule has 1 aromatic carbocycles. The molecule has 0 saturated heterocycles. The van der Waals surface area contributed by atoms with Gasteiger partial charge in [-0.05, 0) is 30.7 Å². The number of nitrogens with zero attached hydrogens (tertiary/aromatic N) is 1. The van der Waals surface area contributed by atoms with Gasteiger partial charge in [-0.3, -0.25) is 9.59 Å². The molecule has 0 bridgehead atoms. The minimum atomic E-state index is -5.07. The molecule has 2 unspecified atom stereocenters. The zero-order chi connectivity index (χ0) is 15.9. The molecular weight excluding hydrogens is 291 g/mol. The summed E-state index contributed by atoms with van der Waals surface area (Å²) in [5.41, 5.74) is 0.0741. The fourth-order valence-corrected chi connectivity index (χ4v) is 2.53. The number of rotatable bonds is 2. The summed E-state index contributed by atoms with van der Waals surface area (Å²) >= 11 is 0. The molecule has 0 fully saturated rings. The molecule has 1 amide bonds. The van der Waals surface area contributed by atoms with Gasteiger partial charge in [0.1, 0.15) is 11.7 Å². The van der Waals surface area contributed by atoms with E-state index in [0.29, 0.717) is 10.6 Å². The fraction of sp³-hybridized carbons (Fsp3) is 0.385. The predicted molar refractivity (Wildman–Crippen MR) is 66.4 cm³/mol. The summed E-state index contributed by atoms with van der Waals surface area (Å²) in [6.45, 7) is 1.27. The Hall–Kier alpha value is -2.25. The van der Waals surface area contributed by atoms with Crippen LogP contribution in [-0.2, 0) is 9.59 Å². The highest BCUT2D eigenvalue weighted by molar-refractivity contribution is 6.02. The zero-order valence-electron chi connectivity index (χ0n) is 11.1. The van der Waals surface area contributed by atoms with Gasteiger partial charge in [-0.2, -0.15) is 13.2 Å². The van der Waals surface area contributed by atoms with Crippen LogP contribution in [0.5, 0.6) is 5.75 Å². The molecule has 8 heteroatoms. The molecule has 0 aromatic heterocycles. The van der Waals surface area contributed by atoms with Gasteiger partial charge in [-0.1, -0.05) is 0 Å². The number of benzene rings is 1. The number of aliphatic carboxylic acids is 1. The number of hydrogen-bond acceptors (Lipinski definition) is 3. The third kappa shape index (κ3) is 2.41. The lowest BCUT2D eigenvalue weighted by Gasteiger charge is -2.25. The Morgan fingerprint density at radius 3 is 2.43 bits per heavy atom. The summed E-state index contributed by atoms with van der Waals surface area (Å²) < 4.78 is 43.0. The zero-order valence-corrected chi connectivity index (χ0v) is 11.1. The van der Waals surface area contributed by atoms with Gasteiger partial charge in [0.15, 0.2) is 0 Å². The molecule has 0 aliphatic carbocycles. The largest absolute Gasteiger partial charge is 0.497 e. The third-order valence-corrected chi connectivity index (χ3v) is 3.45. The summed E-state index contributed by atoms with van der Waals surface area (Å²) in [6.07, 6.45) is -5.07. The molecule has 1 aliphatic rings. The molecule has 5 nitrogen and oxygen atoms in total. The molecule has 21 heavy (non-hydrogen) atoms. The fourth-order valence-electron chi connectivity index (χ4n) is 2.53. The van der Waals surface area contributed by atoms with E-state index < -0.39 is 30.0 Å². The number of amides is 1. The Kier molecular flexibility index (Phi) is 3.56. The molecule has 1 aliphatic heterocycles. The van der Waals surface area contributed by atoms with Gasteiger partial charge in [0.05, 0.1) is 13.2 Å². The summed E-state index contributed by atoms with van der Waals surface area (Å²) in [5.74, 6) is -4.30. The van der Waals surface area contributed by atoms with E-state index in [1.165, 1.54) is 32.2 Å². The topological polar surface area (TPSA) is 66.8 Å². The van der Waals surface area contributed by atoms with Crippen LogP contribution in [0, 0.1) is 0 Å². The average molecular weight is 303 g/mol. The van der Waals surface area contributed by atoms with E-state index in [2.05, 4.69) is 0 Å². The third-order valence-electron chi connectivity index (χ3n) is 3.45. The standard InChI is InChI=1S/C13H12F3NO4/c1-6-10(11(18)19)8-5-7(21-2)3-4-9(8)17(6)12(20)13(14,15)16/h3-6,10H,1-2H3,(H,18,19). The van der Waals surface area contributed by atoms with Gasteiger partial charge in [-0.25, -0.2) is 0 Å². The van der Waals surface area contributed by atoms with Crippen molar-refractivity contribution >= 4 is 17.6 Å². The number of alkyl halides is 3. The number of hydrogen-bond donors (Lipinski definition) is 1. The number of methoxy groups -OCH3 is 1. The molecule has 0 spiro atoms. The van der Waals surface area contributed by atoms with Crippen LogP contribution >= 0.6 is 0 Å². The molecular formula is C13H12F3NO4. The summed E-state index contributed by atoms with van der Waals surface area (Å²) in [7, 11) is 1.36. The number of halogens is 3. The first-order chi connectivity index (χ1) is 9.68. The van der Waals surface area contributed by atoms with Crippen LogP contribution in [0.1, 0.15) is 18.4 Å². The molecule has 1 aromatic rings. The molecule has 1 N–H and O–H groups in total. The second-order valence-electron chi connectivity index (χ2n) is 4.65. The van der Waals surface area contributed by atoms with Crippen molar-refractivity contribution in [2.75, 3.05) is 12.0 Å². The van der Waals surface area contributed by atoms with Crippen LogP contribution in [0.15, 0.2) is 18.2 Å². The van der Waals surface area contributed by atoms with Crippen molar-refractivity contribution in [1.29, 1.82) is 0 Å². The normalized spacial score (nSPS) is 21.1. The molecule has 2 rings (SSSR count). The Balaban J connectivity index is 2.57. The number of carbonyl (C=O) groups excluding carboxylic acids is 1. The van der Waals surface area contributed by atoms with Gasteiger partial charge in [0, 0.05) is 5.69 Å². The van der Waals surface area contributed by atoms with Gasteiger partial charge >= 0.3 is 18.1 Å². The quantitative estimate of drug-likeness (QED) is 0.909. The maximum Gasteiger partial charge on any atom is 0.471 e. The highest BCUT2D eigenvalue weighted by Gasteiger charge is 2.51. The maximum atomic E-state index is 12.7.